The quantitative estimate of drug-likeness (QED) is 0.370. The van der Waals surface area contributed by atoms with Gasteiger partial charge in [0.15, 0.2) is 5.78 Å². The summed E-state index contributed by atoms with van der Waals surface area (Å²) < 4.78 is 66.0. The zero-order valence-electron chi connectivity index (χ0n) is 9.70. The van der Waals surface area contributed by atoms with Crippen molar-refractivity contribution in [1.82, 2.24) is 0 Å². The Morgan fingerprint density at radius 3 is 2.25 bits per heavy atom. The second-order valence-corrected chi connectivity index (χ2v) is 3.56. The summed E-state index contributed by atoms with van der Waals surface area (Å²) in [4.78, 5) is 20.3. The first-order valence-electron chi connectivity index (χ1n) is 4.89. The zero-order chi connectivity index (χ0) is 15.7. The number of nitrogens with zero attached hydrogens (tertiary/aromatic N) is 1. The highest BCUT2D eigenvalue weighted by Crippen LogP contribution is 2.40. The van der Waals surface area contributed by atoms with Crippen molar-refractivity contribution in [3.05, 3.63) is 33.4 Å². The van der Waals surface area contributed by atoms with Crippen molar-refractivity contribution in [2.75, 3.05) is 0 Å². The molecule has 10 heteroatoms. The van der Waals surface area contributed by atoms with E-state index in [1.807, 2.05) is 0 Å². The van der Waals surface area contributed by atoms with Gasteiger partial charge in [-0.05, 0) is 13.0 Å². The van der Waals surface area contributed by atoms with Gasteiger partial charge in [-0.25, -0.2) is 0 Å². The van der Waals surface area contributed by atoms with Crippen LogP contribution in [0.2, 0.25) is 0 Å². The monoisotopic (exact) mass is 299 g/mol. The fraction of sp³-hybridized carbons (Fsp3) is 0.300. The van der Waals surface area contributed by atoms with Gasteiger partial charge in [-0.2, -0.15) is 22.0 Å². The van der Waals surface area contributed by atoms with Gasteiger partial charge < -0.3 is 4.74 Å². The summed E-state index contributed by atoms with van der Waals surface area (Å²) in [5.41, 5.74) is -4.00. The van der Waals surface area contributed by atoms with E-state index in [9.17, 15) is 36.9 Å². The highest BCUT2D eigenvalue weighted by molar-refractivity contribution is 5.97. The lowest BCUT2D eigenvalue weighted by atomic mass is 10.0. The van der Waals surface area contributed by atoms with Crippen molar-refractivity contribution in [3.8, 4) is 5.75 Å². The maximum Gasteiger partial charge on any atom is 0.423 e. The summed E-state index contributed by atoms with van der Waals surface area (Å²) in [5, 5.41) is 10.6. The van der Waals surface area contributed by atoms with Crippen LogP contribution in [0.1, 0.15) is 22.8 Å². The number of hydrogen-bond donors (Lipinski definition) is 0. The Morgan fingerprint density at radius 2 is 1.90 bits per heavy atom. The lowest BCUT2D eigenvalue weighted by Gasteiger charge is -2.13. The van der Waals surface area contributed by atoms with Crippen LogP contribution in [0.4, 0.5) is 27.6 Å². The topological polar surface area (TPSA) is 69.4 Å². The van der Waals surface area contributed by atoms with Gasteiger partial charge in [0.05, 0.1) is 16.6 Å². The Morgan fingerprint density at radius 1 is 1.35 bits per heavy atom. The summed E-state index contributed by atoms with van der Waals surface area (Å²) in [6.07, 6.45) is -5.12. The molecule has 110 valence electrons. The molecule has 0 saturated carbocycles. The molecule has 0 fully saturated rings. The predicted octanol–water partition coefficient (Wildman–Crippen LogP) is 3.42. The van der Waals surface area contributed by atoms with Crippen molar-refractivity contribution in [2.24, 2.45) is 0 Å². The average molecular weight is 299 g/mol. The second-order valence-electron chi connectivity index (χ2n) is 3.56. The van der Waals surface area contributed by atoms with Crippen molar-refractivity contribution in [2.45, 2.75) is 19.7 Å². The van der Waals surface area contributed by atoms with E-state index in [1.165, 1.54) is 0 Å². The molecule has 0 aliphatic carbocycles. The summed E-state index contributed by atoms with van der Waals surface area (Å²) in [6, 6.07) is 0.282. The van der Waals surface area contributed by atoms with Gasteiger partial charge in [-0.3, -0.25) is 14.9 Å². The lowest BCUT2D eigenvalue weighted by molar-refractivity contribution is -0.388. The average Bonchev–Trinajstić information content (AvgIpc) is 2.25. The van der Waals surface area contributed by atoms with Crippen LogP contribution in [0.25, 0.3) is 0 Å². The molecule has 0 spiro atoms. The number of alkyl halides is 5. The summed E-state index contributed by atoms with van der Waals surface area (Å²) >= 11 is 0. The van der Waals surface area contributed by atoms with E-state index >= 15 is 0 Å². The second kappa shape index (κ2) is 5.39. The fourth-order valence-electron chi connectivity index (χ4n) is 1.42. The number of hydrogen-bond acceptors (Lipinski definition) is 4. The number of ether oxygens (including phenoxy) is 1. The lowest BCUT2D eigenvalue weighted by Crippen LogP contribution is -2.13. The van der Waals surface area contributed by atoms with Gasteiger partial charge >= 0.3 is 12.8 Å². The van der Waals surface area contributed by atoms with E-state index in [0.29, 0.717) is 0 Å². The van der Waals surface area contributed by atoms with E-state index in [-0.39, 0.29) is 12.1 Å². The van der Waals surface area contributed by atoms with Crippen molar-refractivity contribution < 1.29 is 36.4 Å². The molecule has 1 rings (SSSR count). The van der Waals surface area contributed by atoms with Crippen molar-refractivity contribution >= 4 is 11.5 Å². The summed E-state index contributed by atoms with van der Waals surface area (Å²) in [6.45, 7) is -2.62. The van der Waals surface area contributed by atoms with Crippen LogP contribution in [0.15, 0.2) is 12.1 Å². The minimum atomic E-state index is -5.12. The van der Waals surface area contributed by atoms with Gasteiger partial charge in [0, 0.05) is 0 Å². The number of rotatable bonds is 4. The molecule has 0 radical (unpaired) electrons. The van der Waals surface area contributed by atoms with Gasteiger partial charge in [-0.15, -0.1) is 0 Å². The molecular weight excluding hydrogens is 293 g/mol. The molecular formula is C10H6F5NO4. The van der Waals surface area contributed by atoms with Crippen LogP contribution in [0.3, 0.4) is 0 Å². The first-order valence-corrected chi connectivity index (χ1v) is 4.89. The van der Waals surface area contributed by atoms with Crippen LogP contribution in [-0.4, -0.2) is 17.3 Å². The maximum absolute atomic E-state index is 12.6. The number of carbonyl (C=O) groups excluding carboxylic acids is 1. The van der Waals surface area contributed by atoms with Crippen LogP contribution < -0.4 is 4.74 Å². The highest BCUT2D eigenvalue weighted by atomic mass is 19.4. The number of benzene rings is 1. The maximum atomic E-state index is 12.6. The van der Waals surface area contributed by atoms with Crippen molar-refractivity contribution in [1.29, 1.82) is 0 Å². The van der Waals surface area contributed by atoms with Crippen LogP contribution in [0.5, 0.6) is 5.75 Å². The first-order chi connectivity index (χ1) is 9.04. The van der Waals surface area contributed by atoms with Crippen LogP contribution in [0, 0.1) is 10.1 Å². The van der Waals surface area contributed by atoms with E-state index in [0.717, 1.165) is 6.92 Å². The fourth-order valence-corrected chi connectivity index (χ4v) is 1.42. The Labute approximate surface area is 108 Å². The molecule has 0 bridgehead atoms. The number of Topliss-reactive ketones (excluding diaryl/α,β-unsaturated/α-hetero) is 1. The largest absolute Gasteiger partial charge is 0.434 e. The standard InChI is InChI=1S/C10H6F5NO4/c1-4(17)5-2-6(10(13,14)15)7(16(18)19)3-8(5)20-9(11)12/h2-3,9H,1H3. The molecule has 0 aromatic heterocycles. The Bertz CT molecular complexity index is 555. The van der Waals surface area contributed by atoms with Crippen molar-refractivity contribution in [3.63, 3.8) is 0 Å². The Hall–Kier alpha value is -2.26. The predicted molar refractivity (Wildman–Crippen MR) is 54.7 cm³/mol. The minimum absolute atomic E-state index is 0.123. The molecule has 0 heterocycles. The van der Waals surface area contributed by atoms with Gasteiger partial charge in [0.25, 0.3) is 5.69 Å². The summed E-state index contributed by atoms with van der Waals surface area (Å²) in [7, 11) is 0. The third kappa shape index (κ3) is 3.39. The first kappa shape index (κ1) is 15.8. The third-order valence-electron chi connectivity index (χ3n) is 2.20. The number of halogens is 5. The van der Waals surface area contributed by atoms with E-state index in [1.54, 1.807) is 0 Å². The van der Waals surface area contributed by atoms with Gasteiger partial charge in [0.2, 0.25) is 0 Å². The number of ketones is 1. The van der Waals surface area contributed by atoms with E-state index < -0.39 is 46.1 Å². The third-order valence-corrected chi connectivity index (χ3v) is 2.20. The van der Waals surface area contributed by atoms with Crippen LogP contribution >= 0.6 is 0 Å². The molecule has 1 aromatic carbocycles. The molecule has 0 amide bonds. The van der Waals surface area contributed by atoms with Gasteiger partial charge in [-0.1, -0.05) is 0 Å². The Kier molecular flexibility index (Phi) is 4.26. The molecule has 20 heavy (non-hydrogen) atoms. The molecule has 1 aromatic rings. The molecule has 0 unspecified atom stereocenters. The summed E-state index contributed by atoms with van der Waals surface area (Å²) in [5.74, 6) is -1.98. The van der Waals surface area contributed by atoms with Crippen LogP contribution in [-0.2, 0) is 6.18 Å². The molecule has 0 aliphatic rings. The number of nitro benzene ring substituents is 1. The molecule has 0 aliphatic heterocycles. The SMILES string of the molecule is CC(=O)c1cc(C(F)(F)F)c([N+](=O)[O-])cc1OC(F)F. The molecule has 0 saturated heterocycles. The van der Waals surface area contributed by atoms with E-state index in [2.05, 4.69) is 4.74 Å². The zero-order valence-corrected chi connectivity index (χ0v) is 9.70. The number of nitro groups is 1. The number of carbonyl (C=O) groups is 1. The molecule has 5 nitrogen and oxygen atoms in total. The Balaban J connectivity index is 3.60. The van der Waals surface area contributed by atoms with Gasteiger partial charge in [0.1, 0.15) is 11.3 Å². The molecule has 0 N–H and O–H groups in total. The normalized spacial score (nSPS) is 11.6. The highest BCUT2D eigenvalue weighted by Gasteiger charge is 2.40. The minimum Gasteiger partial charge on any atom is -0.434 e. The van der Waals surface area contributed by atoms with E-state index in [4.69, 9.17) is 0 Å². The molecule has 0 atom stereocenters. The smallest absolute Gasteiger partial charge is 0.423 e.